The molecular weight excluding hydrogens is 534 g/mol. The van der Waals surface area contributed by atoms with Gasteiger partial charge in [-0.2, -0.15) is 0 Å². The molecule has 1 atom stereocenters. The Labute approximate surface area is 236 Å². The molecule has 3 aromatic rings. The minimum Gasteiger partial charge on any atom is -0.354 e. The summed E-state index contributed by atoms with van der Waals surface area (Å²) in [6.07, 6.45) is 1.75. The molecule has 0 spiro atoms. The summed E-state index contributed by atoms with van der Waals surface area (Å²) in [7, 11) is -4.11. The van der Waals surface area contributed by atoms with Crippen LogP contribution in [0.4, 0.5) is 5.69 Å². The van der Waals surface area contributed by atoms with Gasteiger partial charge in [-0.15, -0.1) is 0 Å². The average molecular weight is 570 g/mol. The van der Waals surface area contributed by atoms with Gasteiger partial charge in [-0.25, -0.2) is 8.42 Å². The van der Waals surface area contributed by atoms with Crippen LogP contribution in [0.2, 0.25) is 5.02 Å². The molecule has 39 heavy (non-hydrogen) atoms. The highest BCUT2D eigenvalue weighted by atomic mass is 35.5. The molecule has 3 rings (SSSR count). The van der Waals surface area contributed by atoms with Gasteiger partial charge in [-0.05, 0) is 69.2 Å². The van der Waals surface area contributed by atoms with Crippen molar-refractivity contribution >= 4 is 39.1 Å². The number of unbranched alkanes of at least 4 members (excludes halogenated alkanes) is 1. The van der Waals surface area contributed by atoms with Gasteiger partial charge in [0.1, 0.15) is 12.6 Å². The summed E-state index contributed by atoms with van der Waals surface area (Å²) in [6, 6.07) is 19.6. The molecule has 2 amide bonds. The monoisotopic (exact) mass is 569 g/mol. The van der Waals surface area contributed by atoms with Crippen LogP contribution in [0.25, 0.3) is 0 Å². The third kappa shape index (κ3) is 8.07. The molecule has 0 aliphatic carbocycles. The van der Waals surface area contributed by atoms with Crippen molar-refractivity contribution in [3.63, 3.8) is 0 Å². The molecule has 3 aromatic carbocycles. The van der Waals surface area contributed by atoms with Crippen LogP contribution in [0.3, 0.4) is 0 Å². The van der Waals surface area contributed by atoms with Crippen LogP contribution in [0, 0.1) is 13.8 Å². The Morgan fingerprint density at radius 3 is 2.03 bits per heavy atom. The molecule has 0 bridgehead atoms. The number of hydrogen-bond acceptors (Lipinski definition) is 4. The molecular formula is C30H36ClN3O4S. The van der Waals surface area contributed by atoms with Gasteiger partial charge in [0.15, 0.2) is 0 Å². The van der Waals surface area contributed by atoms with Gasteiger partial charge in [0.2, 0.25) is 11.8 Å². The molecule has 0 fully saturated rings. The number of hydrogen-bond donors (Lipinski definition) is 1. The smallest absolute Gasteiger partial charge is 0.264 e. The molecule has 0 saturated heterocycles. The number of aryl methyl sites for hydroxylation is 2. The second kappa shape index (κ2) is 13.6. The highest BCUT2D eigenvalue weighted by Gasteiger charge is 2.32. The predicted molar refractivity (Wildman–Crippen MR) is 156 cm³/mol. The summed E-state index contributed by atoms with van der Waals surface area (Å²) in [5.41, 5.74) is 3.11. The highest BCUT2D eigenvalue weighted by Crippen LogP contribution is 2.26. The Balaban J connectivity index is 1.98. The number of amides is 2. The Morgan fingerprint density at radius 1 is 0.897 bits per heavy atom. The Morgan fingerprint density at radius 2 is 1.46 bits per heavy atom. The summed E-state index contributed by atoms with van der Waals surface area (Å²) < 4.78 is 28.7. The number of carbonyl (C=O) groups excluding carboxylic acids is 2. The molecule has 0 saturated carbocycles. The average Bonchev–Trinajstić information content (AvgIpc) is 2.91. The van der Waals surface area contributed by atoms with Gasteiger partial charge >= 0.3 is 0 Å². The van der Waals surface area contributed by atoms with Gasteiger partial charge in [0.25, 0.3) is 10.0 Å². The number of nitrogens with zero attached hydrogens (tertiary/aromatic N) is 2. The van der Waals surface area contributed by atoms with Gasteiger partial charge in [-0.3, -0.25) is 13.9 Å². The molecule has 0 radical (unpaired) electrons. The van der Waals surface area contributed by atoms with E-state index in [0.717, 1.165) is 33.8 Å². The first kappa shape index (κ1) is 30.2. The zero-order valence-electron chi connectivity index (χ0n) is 22.9. The van der Waals surface area contributed by atoms with E-state index in [1.54, 1.807) is 43.3 Å². The zero-order chi connectivity index (χ0) is 28.6. The third-order valence-corrected chi connectivity index (χ3v) is 8.51. The van der Waals surface area contributed by atoms with Crippen molar-refractivity contribution in [1.82, 2.24) is 10.2 Å². The van der Waals surface area contributed by atoms with Crippen LogP contribution in [-0.2, 0) is 26.2 Å². The lowest BCUT2D eigenvalue weighted by molar-refractivity contribution is -0.139. The lowest BCUT2D eigenvalue weighted by atomic mass is 10.1. The number of benzene rings is 3. The van der Waals surface area contributed by atoms with Crippen molar-refractivity contribution in [1.29, 1.82) is 0 Å². The highest BCUT2D eigenvalue weighted by molar-refractivity contribution is 7.92. The van der Waals surface area contributed by atoms with Crippen molar-refractivity contribution in [2.24, 2.45) is 0 Å². The third-order valence-electron chi connectivity index (χ3n) is 6.47. The first-order valence-corrected chi connectivity index (χ1v) is 14.8. The fraction of sp³-hybridized carbons (Fsp3) is 0.333. The fourth-order valence-electron chi connectivity index (χ4n) is 3.98. The van der Waals surface area contributed by atoms with Gasteiger partial charge in [0.05, 0.1) is 10.6 Å². The van der Waals surface area contributed by atoms with Crippen LogP contribution in [-0.4, -0.2) is 44.3 Å². The van der Waals surface area contributed by atoms with E-state index < -0.39 is 28.5 Å². The number of halogens is 1. The number of sulfonamides is 1. The van der Waals surface area contributed by atoms with Crippen LogP contribution >= 0.6 is 11.6 Å². The van der Waals surface area contributed by atoms with Crippen LogP contribution in [0.15, 0.2) is 77.7 Å². The maximum atomic E-state index is 13.9. The molecule has 1 unspecified atom stereocenters. The van der Waals surface area contributed by atoms with Crippen LogP contribution in [0.5, 0.6) is 0 Å². The summed E-state index contributed by atoms with van der Waals surface area (Å²) in [5.74, 6) is -0.789. The maximum Gasteiger partial charge on any atom is 0.264 e. The zero-order valence-corrected chi connectivity index (χ0v) is 24.4. The summed E-state index contributed by atoms with van der Waals surface area (Å²) in [5, 5.41) is 3.33. The Kier molecular flexibility index (Phi) is 10.5. The molecule has 0 aromatic heterocycles. The number of nitrogens with one attached hydrogen (secondary N) is 1. The molecule has 208 valence electrons. The number of carbonyl (C=O) groups is 2. The van der Waals surface area contributed by atoms with E-state index in [4.69, 9.17) is 11.6 Å². The van der Waals surface area contributed by atoms with E-state index in [0.29, 0.717) is 17.3 Å². The molecule has 0 aliphatic rings. The standard InChI is InChI=1S/C30H36ClN3O4S/c1-5-6-19-32-30(36)24(4)33(20-25-11-7-22(2)8-12-25)29(35)21-34(27-15-13-26(31)14-16-27)39(37,38)28-17-9-23(3)10-18-28/h7-18,24H,5-6,19-21H2,1-4H3,(H,32,36). The first-order valence-electron chi connectivity index (χ1n) is 13.0. The molecule has 1 N–H and O–H groups in total. The number of rotatable bonds is 12. The van der Waals surface area contributed by atoms with Crippen molar-refractivity contribution in [2.45, 2.75) is 58.0 Å². The van der Waals surface area contributed by atoms with E-state index in [2.05, 4.69) is 5.32 Å². The lowest BCUT2D eigenvalue weighted by Crippen LogP contribution is -2.51. The van der Waals surface area contributed by atoms with E-state index in [-0.39, 0.29) is 17.3 Å². The predicted octanol–water partition coefficient (Wildman–Crippen LogP) is 5.49. The van der Waals surface area contributed by atoms with Crippen molar-refractivity contribution in [3.8, 4) is 0 Å². The Hall–Kier alpha value is -3.36. The van der Waals surface area contributed by atoms with Crippen LogP contribution < -0.4 is 9.62 Å². The molecule has 9 heteroatoms. The second-order valence-electron chi connectivity index (χ2n) is 9.63. The normalized spacial score (nSPS) is 12.0. The summed E-state index contributed by atoms with van der Waals surface area (Å²) in [4.78, 5) is 28.4. The maximum absolute atomic E-state index is 13.9. The van der Waals surface area contributed by atoms with Gasteiger partial charge < -0.3 is 10.2 Å². The molecule has 0 aliphatic heterocycles. The SMILES string of the molecule is CCCCNC(=O)C(C)N(Cc1ccc(C)cc1)C(=O)CN(c1ccc(Cl)cc1)S(=O)(=O)c1ccc(C)cc1. The summed E-state index contributed by atoms with van der Waals surface area (Å²) in [6.45, 7) is 7.70. The molecule has 0 heterocycles. The quantitative estimate of drug-likeness (QED) is 0.292. The van der Waals surface area contributed by atoms with Crippen LogP contribution in [0.1, 0.15) is 43.4 Å². The van der Waals surface area contributed by atoms with Gasteiger partial charge in [-0.1, -0.05) is 72.5 Å². The van der Waals surface area contributed by atoms with E-state index >= 15 is 0 Å². The van der Waals surface area contributed by atoms with Crippen molar-refractivity contribution in [2.75, 3.05) is 17.4 Å². The van der Waals surface area contributed by atoms with E-state index in [1.165, 1.54) is 17.0 Å². The fourth-order valence-corrected chi connectivity index (χ4v) is 5.52. The van der Waals surface area contributed by atoms with E-state index in [9.17, 15) is 18.0 Å². The van der Waals surface area contributed by atoms with E-state index in [1.807, 2.05) is 45.0 Å². The van der Waals surface area contributed by atoms with Crippen molar-refractivity contribution in [3.05, 3.63) is 94.5 Å². The van der Waals surface area contributed by atoms with Crippen molar-refractivity contribution < 1.29 is 18.0 Å². The van der Waals surface area contributed by atoms with Gasteiger partial charge in [0, 0.05) is 18.1 Å². The summed E-state index contributed by atoms with van der Waals surface area (Å²) >= 11 is 6.06. The largest absolute Gasteiger partial charge is 0.354 e. The Bertz CT molecular complexity index is 1360. The second-order valence-corrected chi connectivity index (χ2v) is 11.9. The number of anilines is 1. The topological polar surface area (TPSA) is 86.8 Å². The minimum atomic E-state index is -4.11. The molecule has 7 nitrogen and oxygen atoms in total. The lowest BCUT2D eigenvalue weighted by Gasteiger charge is -2.32. The first-order chi connectivity index (χ1) is 18.5. The minimum absolute atomic E-state index is 0.0614.